The van der Waals surface area contributed by atoms with E-state index in [9.17, 15) is 14.4 Å². The van der Waals surface area contributed by atoms with Crippen molar-refractivity contribution in [3.05, 3.63) is 0 Å². The van der Waals surface area contributed by atoms with Crippen molar-refractivity contribution in [2.45, 2.75) is 52.7 Å². The Kier molecular flexibility index (Phi) is 7.64. The van der Waals surface area contributed by atoms with Crippen molar-refractivity contribution in [3.63, 3.8) is 0 Å². The average molecular weight is 288 g/mol. The van der Waals surface area contributed by atoms with E-state index in [1.807, 2.05) is 20.8 Å². The van der Waals surface area contributed by atoms with E-state index in [-0.39, 0.29) is 18.3 Å². The summed E-state index contributed by atoms with van der Waals surface area (Å²) in [6.07, 6.45) is -1.34. The first-order chi connectivity index (χ1) is 9.18. The van der Waals surface area contributed by atoms with Crippen LogP contribution < -0.4 is 11.1 Å². The van der Waals surface area contributed by atoms with Gasteiger partial charge in [-0.2, -0.15) is 0 Å². The molecule has 0 aliphatic rings. The molecule has 0 radical (unpaired) electrons. The summed E-state index contributed by atoms with van der Waals surface area (Å²) in [5.74, 6) is -1.99. The third kappa shape index (κ3) is 6.40. The van der Waals surface area contributed by atoms with E-state index >= 15 is 0 Å². The molecule has 0 saturated carbocycles. The van der Waals surface area contributed by atoms with E-state index in [1.54, 1.807) is 6.92 Å². The van der Waals surface area contributed by atoms with Crippen molar-refractivity contribution in [2.75, 3.05) is 0 Å². The second kappa shape index (κ2) is 8.39. The van der Waals surface area contributed by atoms with E-state index in [4.69, 9.17) is 15.6 Å². The van der Waals surface area contributed by atoms with Gasteiger partial charge < -0.3 is 20.9 Å². The minimum atomic E-state index is -1.24. The Morgan fingerprint density at radius 1 is 1.25 bits per heavy atom. The van der Waals surface area contributed by atoms with Crippen LogP contribution in [0.5, 0.6) is 0 Å². The number of primary amides is 1. The number of hydrogen-bond acceptors (Lipinski definition) is 4. The fraction of sp³-hybridized carbons (Fsp3) is 0.769. The lowest BCUT2D eigenvalue weighted by atomic mass is 9.99. The molecule has 2 amide bonds. The van der Waals surface area contributed by atoms with Gasteiger partial charge in [0, 0.05) is 0 Å². The fourth-order valence-electron chi connectivity index (χ4n) is 1.65. The molecule has 0 rings (SSSR count). The summed E-state index contributed by atoms with van der Waals surface area (Å²) in [6, 6.07) is -0.874. The second-order valence-corrected chi connectivity index (χ2v) is 5.27. The van der Waals surface area contributed by atoms with Crippen molar-refractivity contribution in [3.8, 4) is 0 Å². The molecular weight excluding hydrogens is 264 g/mol. The molecule has 0 aromatic carbocycles. The third-order valence-corrected chi connectivity index (χ3v) is 3.00. The van der Waals surface area contributed by atoms with Crippen LogP contribution in [0.1, 0.15) is 40.5 Å². The van der Waals surface area contributed by atoms with Crippen LogP contribution in [0.2, 0.25) is 0 Å². The quantitative estimate of drug-likeness (QED) is 0.618. The van der Waals surface area contributed by atoms with E-state index in [1.165, 1.54) is 0 Å². The Morgan fingerprint density at radius 2 is 1.80 bits per heavy atom. The Labute approximate surface area is 118 Å². The maximum atomic E-state index is 11.7. The fourth-order valence-corrected chi connectivity index (χ4v) is 1.65. The van der Waals surface area contributed by atoms with Crippen LogP contribution in [0.4, 0.5) is 4.79 Å². The normalized spacial score (nSPS) is 15.2. The minimum absolute atomic E-state index is 0.0606. The molecule has 0 fully saturated rings. The molecule has 0 unspecified atom stereocenters. The number of carboxylic acids is 1. The first-order valence-corrected chi connectivity index (χ1v) is 6.68. The third-order valence-electron chi connectivity index (χ3n) is 3.00. The standard InChI is InChI=1S/C13H24N2O5/c1-5-8(4)10(11(14)16)15-13(19)20-9(12(17)18)6-7(2)3/h7-10H,5-6H2,1-4H3,(H2,14,16)(H,15,19)(H,17,18)/t8-,9-,10-/m0/s1. The van der Waals surface area contributed by atoms with Gasteiger partial charge >= 0.3 is 12.1 Å². The molecular formula is C13H24N2O5. The van der Waals surface area contributed by atoms with Crippen molar-refractivity contribution < 1.29 is 24.2 Å². The predicted molar refractivity (Wildman–Crippen MR) is 72.9 cm³/mol. The van der Waals surface area contributed by atoms with E-state index in [0.29, 0.717) is 6.42 Å². The molecule has 4 N–H and O–H groups in total. The predicted octanol–water partition coefficient (Wildman–Crippen LogP) is 1.11. The topological polar surface area (TPSA) is 119 Å². The van der Waals surface area contributed by atoms with Gasteiger partial charge in [-0.05, 0) is 18.3 Å². The van der Waals surface area contributed by atoms with Gasteiger partial charge in [0.25, 0.3) is 0 Å². The summed E-state index contributed by atoms with van der Waals surface area (Å²) in [7, 11) is 0. The number of hydrogen-bond donors (Lipinski definition) is 3. The summed E-state index contributed by atoms with van der Waals surface area (Å²) in [4.78, 5) is 33.9. The number of carboxylic acid groups (broad SMARTS) is 1. The van der Waals surface area contributed by atoms with Gasteiger partial charge in [0.05, 0.1) is 0 Å². The molecule has 7 nitrogen and oxygen atoms in total. The molecule has 0 heterocycles. The highest BCUT2D eigenvalue weighted by molar-refractivity contribution is 5.85. The number of ether oxygens (including phenoxy) is 1. The first kappa shape index (κ1) is 18.2. The molecule has 0 bridgehead atoms. The number of nitrogens with one attached hydrogen (secondary N) is 1. The number of rotatable bonds is 8. The van der Waals surface area contributed by atoms with E-state index < -0.39 is 30.1 Å². The lowest BCUT2D eigenvalue weighted by molar-refractivity contribution is -0.147. The highest BCUT2D eigenvalue weighted by Crippen LogP contribution is 2.11. The van der Waals surface area contributed by atoms with Crippen molar-refractivity contribution in [2.24, 2.45) is 17.6 Å². The zero-order valence-corrected chi connectivity index (χ0v) is 12.4. The van der Waals surface area contributed by atoms with E-state index in [2.05, 4.69) is 5.32 Å². The van der Waals surface area contributed by atoms with Crippen molar-refractivity contribution >= 4 is 18.0 Å². The Morgan fingerprint density at radius 3 is 2.15 bits per heavy atom. The highest BCUT2D eigenvalue weighted by Gasteiger charge is 2.28. The molecule has 0 aromatic rings. The van der Waals surface area contributed by atoms with E-state index in [0.717, 1.165) is 0 Å². The number of alkyl carbamates (subject to hydrolysis) is 1. The maximum Gasteiger partial charge on any atom is 0.408 e. The Bertz CT molecular complexity index is 357. The van der Waals surface area contributed by atoms with Crippen LogP contribution in [-0.2, 0) is 14.3 Å². The molecule has 0 saturated heterocycles. The molecule has 20 heavy (non-hydrogen) atoms. The van der Waals surface area contributed by atoms with Crippen LogP contribution in [-0.4, -0.2) is 35.2 Å². The van der Waals surface area contributed by atoms with Gasteiger partial charge in [0.2, 0.25) is 12.0 Å². The van der Waals surface area contributed by atoms with Gasteiger partial charge in [-0.15, -0.1) is 0 Å². The monoisotopic (exact) mass is 288 g/mol. The molecule has 0 aromatic heterocycles. The Hall–Kier alpha value is -1.79. The smallest absolute Gasteiger partial charge is 0.408 e. The van der Waals surface area contributed by atoms with Gasteiger partial charge in [0.1, 0.15) is 6.04 Å². The molecule has 7 heteroatoms. The second-order valence-electron chi connectivity index (χ2n) is 5.27. The summed E-state index contributed by atoms with van der Waals surface area (Å²) in [5.41, 5.74) is 5.21. The Balaban J connectivity index is 4.64. The number of amides is 2. The maximum absolute atomic E-state index is 11.7. The van der Waals surface area contributed by atoms with Gasteiger partial charge in [-0.1, -0.05) is 34.1 Å². The molecule has 0 spiro atoms. The summed E-state index contributed by atoms with van der Waals surface area (Å²) < 4.78 is 4.84. The lowest BCUT2D eigenvalue weighted by Gasteiger charge is -2.22. The zero-order chi connectivity index (χ0) is 15.9. The summed E-state index contributed by atoms with van der Waals surface area (Å²) >= 11 is 0. The SMILES string of the molecule is CC[C@H](C)[C@H](NC(=O)O[C@@H](CC(C)C)C(=O)O)C(N)=O. The highest BCUT2D eigenvalue weighted by atomic mass is 16.6. The van der Waals surface area contributed by atoms with Crippen LogP contribution in [0.25, 0.3) is 0 Å². The molecule has 3 atom stereocenters. The number of nitrogens with two attached hydrogens (primary N) is 1. The van der Waals surface area contributed by atoms with Crippen molar-refractivity contribution in [1.29, 1.82) is 0 Å². The lowest BCUT2D eigenvalue weighted by Crippen LogP contribution is -2.49. The first-order valence-electron chi connectivity index (χ1n) is 6.68. The van der Waals surface area contributed by atoms with Gasteiger partial charge in [-0.3, -0.25) is 4.79 Å². The van der Waals surface area contributed by atoms with Crippen LogP contribution in [0.3, 0.4) is 0 Å². The summed E-state index contributed by atoms with van der Waals surface area (Å²) in [5, 5.41) is 11.3. The molecule has 116 valence electrons. The average Bonchev–Trinajstić information content (AvgIpc) is 2.33. The number of carbonyl (C=O) groups is 3. The number of aliphatic carboxylic acids is 1. The van der Waals surface area contributed by atoms with Crippen molar-refractivity contribution in [1.82, 2.24) is 5.32 Å². The number of carbonyl (C=O) groups excluding carboxylic acids is 2. The molecule has 0 aliphatic heterocycles. The van der Waals surface area contributed by atoms with Gasteiger partial charge in [0.15, 0.2) is 0 Å². The van der Waals surface area contributed by atoms with Crippen LogP contribution >= 0.6 is 0 Å². The zero-order valence-electron chi connectivity index (χ0n) is 12.4. The summed E-state index contributed by atoms with van der Waals surface area (Å²) in [6.45, 7) is 7.26. The van der Waals surface area contributed by atoms with Gasteiger partial charge in [-0.25, -0.2) is 9.59 Å². The largest absolute Gasteiger partial charge is 0.479 e. The minimum Gasteiger partial charge on any atom is -0.479 e. The van der Waals surface area contributed by atoms with Crippen LogP contribution in [0, 0.1) is 11.8 Å². The molecule has 0 aliphatic carbocycles. The van der Waals surface area contributed by atoms with Crippen LogP contribution in [0.15, 0.2) is 0 Å².